The topological polar surface area (TPSA) is 128 Å². The summed E-state index contributed by atoms with van der Waals surface area (Å²) in [6, 6.07) is 5.87. The molecule has 0 atom stereocenters. The van der Waals surface area contributed by atoms with E-state index >= 15 is 0 Å². The summed E-state index contributed by atoms with van der Waals surface area (Å²) in [6.07, 6.45) is 9.26. The van der Waals surface area contributed by atoms with Crippen LogP contribution < -0.4 is 4.74 Å². The zero-order chi connectivity index (χ0) is 28.3. The molecule has 2 aliphatic rings. The molecule has 212 valence electrons. The molecule has 0 N–H and O–H groups in total. The van der Waals surface area contributed by atoms with Crippen molar-refractivity contribution in [2.75, 3.05) is 19.7 Å². The van der Waals surface area contributed by atoms with E-state index in [4.69, 9.17) is 9.72 Å². The summed E-state index contributed by atoms with van der Waals surface area (Å²) in [6.45, 7) is 8.20. The van der Waals surface area contributed by atoms with Gasteiger partial charge >= 0.3 is 0 Å². The van der Waals surface area contributed by atoms with Gasteiger partial charge in [-0.2, -0.15) is 0 Å². The van der Waals surface area contributed by atoms with Gasteiger partial charge in [0, 0.05) is 36.1 Å². The number of hydrogen-bond acceptors (Lipinski definition) is 10. The maximum absolute atomic E-state index is 14.1. The molecule has 4 heterocycles. The first-order valence-electron chi connectivity index (χ1n) is 13.9. The van der Waals surface area contributed by atoms with Gasteiger partial charge in [0.1, 0.15) is 11.6 Å². The number of pyridine rings is 1. The van der Waals surface area contributed by atoms with Gasteiger partial charge < -0.3 is 9.64 Å². The minimum absolute atomic E-state index is 0.0315. The highest BCUT2D eigenvalue weighted by molar-refractivity contribution is 7.91. The Morgan fingerprint density at radius 3 is 2.50 bits per heavy atom. The lowest BCUT2D eigenvalue weighted by Gasteiger charge is -2.42. The fraction of sp³-hybridized carbons (Fsp3) is 0.517. The number of carbonyl (C=O) groups is 1. The maximum atomic E-state index is 14.1. The molecule has 11 heteroatoms. The van der Waals surface area contributed by atoms with Crippen LogP contribution in [0.25, 0.3) is 11.3 Å². The first-order chi connectivity index (χ1) is 19.2. The van der Waals surface area contributed by atoms with Crippen molar-refractivity contribution in [3.05, 3.63) is 60.2 Å². The number of ketones is 1. The molecule has 3 aromatic heterocycles. The minimum atomic E-state index is -3.27. The van der Waals surface area contributed by atoms with Crippen molar-refractivity contribution in [3.8, 4) is 17.1 Å². The third kappa shape index (κ3) is 6.20. The number of piperidine rings is 1. The van der Waals surface area contributed by atoms with Gasteiger partial charge in [0.2, 0.25) is 5.88 Å². The number of aromatic nitrogens is 5. The van der Waals surface area contributed by atoms with Gasteiger partial charge in [0.15, 0.2) is 15.6 Å². The molecule has 2 fully saturated rings. The summed E-state index contributed by atoms with van der Waals surface area (Å²) in [5.41, 5.74) is 1.85. The monoisotopic (exact) mass is 564 g/mol. The Morgan fingerprint density at radius 2 is 1.85 bits per heavy atom. The molecule has 0 aromatic carbocycles. The Morgan fingerprint density at radius 1 is 1.07 bits per heavy atom. The van der Waals surface area contributed by atoms with Crippen molar-refractivity contribution in [2.24, 2.45) is 0 Å². The highest BCUT2D eigenvalue weighted by atomic mass is 32.2. The van der Waals surface area contributed by atoms with Gasteiger partial charge in [-0.15, -0.1) is 0 Å². The molecule has 0 radical (unpaired) electrons. The van der Waals surface area contributed by atoms with E-state index in [1.807, 2.05) is 19.1 Å². The normalized spacial score (nSPS) is 17.6. The lowest BCUT2D eigenvalue weighted by molar-refractivity contribution is -0.126. The predicted molar refractivity (Wildman–Crippen MR) is 150 cm³/mol. The Balaban J connectivity index is 1.39. The van der Waals surface area contributed by atoms with Crippen LogP contribution in [0.3, 0.4) is 0 Å². The van der Waals surface area contributed by atoms with Gasteiger partial charge in [-0.3, -0.25) is 14.8 Å². The second kappa shape index (κ2) is 11.7. The van der Waals surface area contributed by atoms with E-state index in [0.29, 0.717) is 61.3 Å². The molecular formula is C29H36N6O4S. The second-order valence-electron chi connectivity index (χ2n) is 10.9. The molecule has 5 rings (SSSR count). The van der Waals surface area contributed by atoms with Gasteiger partial charge in [-0.25, -0.2) is 23.4 Å². The van der Waals surface area contributed by atoms with Crippen molar-refractivity contribution in [3.63, 3.8) is 0 Å². The quantitative estimate of drug-likeness (QED) is 0.342. The van der Waals surface area contributed by atoms with Crippen LogP contribution in [0, 0.1) is 0 Å². The number of likely N-dealkylation sites (tertiary alicyclic amines) is 1. The molecule has 0 spiro atoms. The van der Waals surface area contributed by atoms with Crippen molar-refractivity contribution >= 4 is 15.6 Å². The molecule has 0 amide bonds. The van der Waals surface area contributed by atoms with Gasteiger partial charge in [0.25, 0.3) is 0 Å². The molecule has 1 aliphatic heterocycles. The smallest absolute Gasteiger partial charge is 0.232 e. The lowest BCUT2D eigenvalue weighted by Crippen LogP contribution is -2.50. The van der Waals surface area contributed by atoms with Crippen LogP contribution in [0.1, 0.15) is 63.7 Å². The number of Topliss-reactive ketones (excluding diaryl/α,β-unsaturated/α-hetero) is 1. The molecule has 1 aliphatic carbocycles. The van der Waals surface area contributed by atoms with Crippen LogP contribution in [0.2, 0.25) is 0 Å². The molecule has 1 saturated carbocycles. The van der Waals surface area contributed by atoms with Gasteiger partial charge in [-0.05, 0) is 77.7 Å². The minimum Gasteiger partial charge on any atom is -0.477 e. The Bertz CT molecular complexity index is 1450. The standard InChI is InChI=1S/C29H36N6O4S/c1-4-39-28-18-30-17-24(33-28)21-5-6-22(32-16-21)15-26(36)29(10-13-35(14-11-29)20(2)3)25-9-12-31-27(34-25)19-40(37,38)23-7-8-23/h5-6,9,12,16-18,20,23H,4,7-8,10-11,13-15,19H2,1-3H3. The lowest BCUT2D eigenvalue weighted by atomic mass is 9.70. The Hall–Kier alpha value is -3.31. The van der Waals surface area contributed by atoms with E-state index < -0.39 is 15.3 Å². The summed E-state index contributed by atoms with van der Waals surface area (Å²) in [7, 11) is -3.27. The summed E-state index contributed by atoms with van der Waals surface area (Å²) in [5, 5.41) is -0.286. The average molecular weight is 565 g/mol. The zero-order valence-corrected chi connectivity index (χ0v) is 24.1. The Kier molecular flexibility index (Phi) is 8.23. The van der Waals surface area contributed by atoms with Crippen molar-refractivity contribution < 1.29 is 17.9 Å². The van der Waals surface area contributed by atoms with E-state index in [2.05, 4.69) is 38.7 Å². The molecular weight excluding hydrogens is 528 g/mol. The average Bonchev–Trinajstić information content (AvgIpc) is 3.80. The summed E-state index contributed by atoms with van der Waals surface area (Å²) in [4.78, 5) is 38.6. The van der Waals surface area contributed by atoms with Crippen LogP contribution in [-0.2, 0) is 32.2 Å². The number of rotatable bonds is 11. The molecule has 10 nitrogen and oxygen atoms in total. The number of carbonyl (C=O) groups excluding carboxylic acids is 1. The predicted octanol–water partition coefficient (Wildman–Crippen LogP) is 3.36. The second-order valence-corrected chi connectivity index (χ2v) is 13.2. The largest absolute Gasteiger partial charge is 0.477 e. The number of sulfone groups is 1. The molecule has 3 aromatic rings. The van der Waals surface area contributed by atoms with E-state index in [-0.39, 0.29) is 29.0 Å². The van der Waals surface area contributed by atoms with Crippen LogP contribution >= 0.6 is 0 Å². The molecule has 40 heavy (non-hydrogen) atoms. The van der Waals surface area contributed by atoms with Gasteiger partial charge in [-0.1, -0.05) is 0 Å². The fourth-order valence-electron chi connectivity index (χ4n) is 5.28. The van der Waals surface area contributed by atoms with Crippen LogP contribution in [-0.4, -0.2) is 75.0 Å². The zero-order valence-electron chi connectivity index (χ0n) is 23.3. The fourth-order valence-corrected chi connectivity index (χ4v) is 6.87. The van der Waals surface area contributed by atoms with Crippen molar-refractivity contribution in [2.45, 2.75) is 75.3 Å². The first kappa shape index (κ1) is 28.2. The van der Waals surface area contributed by atoms with Crippen LogP contribution in [0.5, 0.6) is 5.88 Å². The first-order valence-corrected chi connectivity index (χ1v) is 15.6. The number of hydrogen-bond donors (Lipinski definition) is 0. The highest BCUT2D eigenvalue weighted by Gasteiger charge is 2.44. The van der Waals surface area contributed by atoms with Gasteiger partial charge in [0.05, 0.1) is 41.1 Å². The third-order valence-electron chi connectivity index (χ3n) is 7.84. The van der Waals surface area contributed by atoms with Crippen molar-refractivity contribution in [1.82, 2.24) is 29.8 Å². The van der Waals surface area contributed by atoms with E-state index in [1.54, 1.807) is 30.9 Å². The number of ether oxygens (including phenoxy) is 1. The summed E-state index contributed by atoms with van der Waals surface area (Å²) in [5.74, 6) is 0.553. The third-order valence-corrected chi connectivity index (χ3v) is 9.99. The van der Waals surface area contributed by atoms with E-state index in [9.17, 15) is 13.2 Å². The van der Waals surface area contributed by atoms with E-state index in [1.165, 1.54) is 0 Å². The van der Waals surface area contributed by atoms with Crippen molar-refractivity contribution in [1.29, 1.82) is 0 Å². The summed E-state index contributed by atoms with van der Waals surface area (Å²) < 4.78 is 30.7. The maximum Gasteiger partial charge on any atom is 0.232 e. The molecule has 0 unspecified atom stereocenters. The van der Waals surface area contributed by atoms with Crippen LogP contribution in [0.15, 0.2) is 43.0 Å². The SMILES string of the molecule is CCOc1cncc(-c2ccc(CC(=O)C3(c4ccnc(CS(=O)(=O)C5CC5)n4)CCN(C(C)C)CC3)nc2)n1. The van der Waals surface area contributed by atoms with Crippen LogP contribution in [0.4, 0.5) is 0 Å². The highest BCUT2D eigenvalue weighted by Crippen LogP contribution is 2.37. The number of nitrogens with zero attached hydrogens (tertiary/aromatic N) is 6. The van der Waals surface area contributed by atoms with E-state index in [0.717, 1.165) is 18.7 Å². The Labute approximate surface area is 235 Å². The molecule has 0 bridgehead atoms. The molecule has 1 saturated heterocycles. The summed E-state index contributed by atoms with van der Waals surface area (Å²) >= 11 is 0.